The van der Waals surface area contributed by atoms with Gasteiger partial charge in [-0.25, -0.2) is 13.1 Å². The Bertz CT molecular complexity index is 530. The Labute approximate surface area is 120 Å². The minimum Gasteiger partial charge on any atom is -0.447 e. The molecule has 0 aromatic carbocycles. The van der Waals surface area contributed by atoms with Crippen LogP contribution < -0.4 is 10.0 Å². The Balaban J connectivity index is 2.54. The lowest BCUT2D eigenvalue weighted by Crippen LogP contribution is -2.23. The molecule has 0 unspecified atom stereocenters. The average Bonchev–Trinajstić information content (AvgIpc) is 2.83. The molecule has 0 spiro atoms. The van der Waals surface area contributed by atoms with Crippen LogP contribution in [0.25, 0.3) is 0 Å². The molecule has 0 fully saturated rings. The third kappa shape index (κ3) is 5.87. The smallest absolute Gasteiger partial charge is 0.274 e. The minimum absolute atomic E-state index is 0.0665. The summed E-state index contributed by atoms with van der Waals surface area (Å²) in [6, 6.07) is 3.10. The van der Waals surface area contributed by atoms with Crippen molar-refractivity contribution in [1.29, 1.82) is 0 Å². The third-order valence-corrected chi connectivity index (χ3v) is 3.76. The van der Waals surface area contributed by atoms with Crippen molar-refractivity contribution in [2.24, 2.45) is 0 Å². The van der Waals surface area contributed by atoms with Gasteiger partial charge in [-0.2, -0.15) is 0 Å². The predicted molar refractivity (Wildman–Crippen MR) is 76.9 cm³/mol. The molecular formula is C13H22N2O4S. The van der Waals surface area contributed by atoms with Crippen molar-refractivity contribution in [3.8, 4) is 0 Å². The summed E-state index contributed by atoms with van der Waals surface area (Å²) >= 11 is 0. The Hall–Kier alpha value is -1.15. The molecule has 0 saturated heterocycles. The zero-order valence-electron chi connectivity index (χ0n) is 12.1. The maximum absolute atomic E-state index is 11.9. The summed E-state index contributed by atoms with van der Waals surface area (Å²) < 4.78 is 36.5. The maximum atomic E-state index is 11.9. The summed E-state index contributed by atoms with van der Waals surface area (Å²) in [5.41, 5.74) is 1.05. The van der Waals surface area contributed by atoms with E-state index in [0.717, 1.165) is 5.57 Å². The highest BCUT2D eigenvalue weighted by molar-refractivity contribution is 7.89. The zero-order valence-corrected chi connectivity index (χ0v) is 12.9. The summed E-state index contributed by atoms with van der Waals surface area (Å²) in [5, 5.41) is 3.02. The van der Waals surface area contributed by atoms with Crippen molar-refractivity contribution in [2.75, 3.05) is 26.8 Å². The number of hydrogen-bond donors (Lipinski definition) is 2. The van der Waals surface area contributed by atoms with Crippen molar-refractivity contribution in [3.63, 3.8) is 0 Å². The van der Waals surface area contributed by atoms with Gasteiger partial charge in [-0.1, -0.05) is 11.6 Å². The fraction of sp³-hybridized carbons (Fsp3) is 0.538. The van der Waals surface area contributed by atoms with E-state index in [1.54, 1.807) is 19.3 Å². The topological polar surface area (TPSA) is 80.6 Å². The number of rotatable bonds is 9. The molecule has 0 aliphatic rings. The van der Waals surface area contributed by atoms with E-state index >= 15 is 0 Å². The summed E-state index contributed by atoms with van der Waals surface area (Å²) in [6.45, 7) is 5.81. The Morgan fingerprint density at radius 3 is 2.80 bits per heavy atom. The number of nitrogens with one attached hydrogen (secondary N) is 2. The number of hydrogen-bond acceptors (Lipinski definition) is 5. The van der Waals surface area contributed by atoms with E-state index in [4.69, 9.17) is 9.15 Å². The van der Waals surface area contributed by atoms with Crippen LogP contribution in [-0.2, 0) is 21.3 Å². The van der Waals surface area contributed by atoms with E-state index < -0.39 is 10.0 Å². The molecule has 0 atom stereocenters. The van der Waals surface area contributed by atoms with E-state index in [1.807, 2.05) is 13.8 Å². The summed E-state index contributed by atoms with van der Waals surface area (Å²) in [5.74, 6) is 0.573. The van der Waals surface area contributed by atoms with Crippen LogP contribution in [0.5, 0.6) is 0 Å². The second-order valence-electron chi connectivity index (χ2n) is 4.52. The first-order valence-electron chi connectivity index (χ1n) is 6.37. The highest BCUT2D eigenvalue weighted by atomic mass is 32.2. The molecule has 0 radical (unpaired) electrons. The number of ether oxygens (including phenoxy) is 1. The van der Waals surface area contributed by atoms with Gasteiger partial charge < -0.3 is 14.5 Å². The van der Waals surface area contributed by atoms with E-state index in [2.05, 4.69) is 10.0 Å². The second-order valence-corrected chi connectivity index (χ2v) is 6.22. The van der Waals surface area contributed by atoms with Gasteiger partial charge in [0.2, 0.25) is 5.09 Å². The standard InChI is InChI=1S/C13H22N2O4S/c1-11(2)6-7-15-20(16,17)13-5-4-12(19-13)10-14-8-9-18-3/h4-6,14-15H,7-10H2,1-3H3. The monoisotopic (exact) mass is 302 g/mol. The molecule has 2 N–H and O–H groups in total. The van der Waals surface area contributed by atoms with Crippen LogP contribution in [0, 0.1) is 0 Å². The minimum atomic E-state index is -3.58. The first-order chi connectivity index (χ1) is 9.45. The van der Waals surface area contributed by atoms with Crippen LogP contribution in [0.3, 0.4) is 0 Å². The predicted octanol–water partition coefficient (Wildman–Crippen LogP) is 1.26. The Morgan fingerprint density at radius 2 is 2.15 bits per heavy atom. The van der Waals surface area contributed by atoms with Crippen LogP contribution in [0.2, 0.25) is 0 Å². The molecule has 0 saturated carbocycles. The summed E-state index contributed by atoms with van der Waals surface area (Å²) in [7, 11) is -1.96. The molecule has 1 rings (SSSR count). The molecule has 0 aliphatic carbocycles. The fourth-order valence-corrected chi connectivity index (χ4v) is 2.32. The largest absolute Gasteiger partial charge is 0.447 e. The zero-order chi connectivity index (χ0) is 15.0. The van der Waals surface area contributed by atoms with Gasteiger partial charge in [0.25, 0.3) is 10.0 Å². The summed E-state index contributed by atoms with van der Waals surface area (Å²) in [6.07, 6.45) is 1.80. The number of methoxy groups -OCH3 is 1. The van der Waals surface area contributed by atoms with E-state index in [0.29, 0.717) is 25.5 Å². The Kier molecular flexibility index (Phi) is 6.94. The Morgan fingerprint density at radius 1 is 1.40 bits per heavy atom. The molecule has 0 bridgehead atoms. The van der Waals surface area contributed by atoms with Crippen molar-refractivity contribution in [3.05, 3.63) is 29.5 Å². The molecule has 20 heavy (non-hydrogen) atoms. The van der Waals surface area contributed by atoms with Crippen molar-refractivity contribution in [1.82, 2.24) is 10.0 Å². The van der Waals surface area contributed by atoms with Crippen molar-refractivity contribution >= 4 is 10.0 Å². The molecule has 1 aromatic rings. The maximum Gasteiger partial charge on any atom is 0.274 e. The lowest BCUT2D eigenvalue weighted by molar-refractivity contribution is 0.198. The highest BCUT2D eigenvalue weighted by Crippen LogP contribution is 2.13. The van der Waals surface area contributed by atoms with Gasteiger partial charge >= 0.3 is 0 Å². The molecule has 6 nitrogen and oxygen atoms in total. The molecule has 0 aliphatic heterocycles. The van der Waals surface area contributed by atoms with Gasteiger partial charge in [-0.05, 0) is 26.0 Å². The van der Waals surface area contributed by atoms with Gasteiger partial charge in [0.15, 0.2) is 0 Å². The van der Waals surface area contributed by atoms with Crippen molar-refractivity contribution < 1.29 is 17.6 Å². The third-order valence-electron chi connectivity index (χ3n) is 2.47. The molecular weight excluding hydrogens is 280 g/mol. The first kappa shape index (κ1) is 16.9. The van der Waals surface area contributed by atoms with Crippen LogP contribution in [-0.4, -0.2) is 35.2 Å². The summed E-state index contributed by atoms with van der Waals surface area (Å²) in [4.78, 5) is 0. The van der Waals surface area contributed by atoms with Gasteiger partial charge in [-0.15, -0.1) is 0 Å². The second kappa shape index (κ2) is 8.21. The number of sulfonamides is 1. The van der Waals surface area contributed by atoms with E-state index in [1.165, 1.54) is 6.07 Å². The number of furan rings is 1. The molecule has 1 aromatic heterocycles. The van der Waals surface area contributed by atoms with Crippen LogP contribution in [0.15, 0.2) is 33.3 Å². The van der Waals surface area contributed by atoms with Crippen LogP contribution >= 0.6 is 0 Å². The lowest BCUT2D eigenvalue weighted by Gasteiger charge is -2.02. The van der Waals surface area contributed by atoms with E-state index in [9.17, 15) is 8.42 Å². The van der Waals surface area contributed by atoms with Crippen LogP contribution in [0.4, 0.5) is 0 Å². The quantitative estimate of drug-likeness (QED) is 0.530. The van der Waals surface area contributed by atoms with Gasteiger partial charge in [0.1, 0.15) is 5.76 Å². The van der Waals surface area contributed by atoms with Gasteiger partial charge in [0.05, 0.1) is 13.2 Å². The van der Waals surface area contributed by atoms with Gasteiger partial charge in [-0.3, -0.25) is 0 Å². The SMILES string of the molecule is COCCNCc1ccc(S(=O)(=O)NCC=C(C)C)o1. The average molecular weight is 302 g/mol. The van der Waals surface area contributed by atoms with Gasteiger partial charge in [0, 0.05) is 20.2 Å². The molecule has 1 heterocycles. The molecule has 7 heteroatoms. The van der Waals surface area contributed by atoms with Crippen LogP contribution in [0.1, 0.15) is 19.6 Å². The molecule has 0 amide bonds. The lowest BCUT2D eigenvalue weighted by atomic mass is 10.3. The number of allylic oxidation sites excluding steroid dienone is 1. The van der Waals surface area contributed by atoms with Crippen molar-refractivity contribution in [2.45, 2.75) is 25.5 Å². The van der Waals surface area contributed by atoms with E-state index in [-0.39, 0.29) is 11.6 Å². The highest BCUT2D eigenvalue weighted by Gasteiger charge is 2.17. The first-order valence-corrected chi connectivity index (χ1v) is 7.85. The normalized spacial score (nSPS) is 11.6. The fourth-order valence-electron chi connectivity index (χ4n) is 1.41. The molecule has 114 valence electrons.